The van der Waals surface area contributed by atoms with Crippen molar-refractivity contribution in [3.05, 3.63) is 0 Å². The average molecular weight is 288 g/mol. The van der Waals surface area contributed by atoms with Crippen LogP contribution in [0, 0.1) is 0 Å². The first-order chi connectivity index (χ1) is 9.44. The van der Waals surface area contributed by atoms with E-state index in [0.717, 1.165) is 4.90 Å². The van der Waals surface area contributed by atoms with E-state index in [-0.39, 0.29) is 6.42 Å². The van der Waals surface area contributed by atoms with Crippen molar-refractivity contribution in [1.82, 2.24) is 10.2 Å². The van der Waals surface area contributed by atoms with Gasteiger partial charge in [0.25, 0.3) is 0 Å². The number of hydrogen-bond acceptors (Lipinski definition) is 8. The molecule has 4 fully saturated rings. The number of amides is 3. The molecule has 20 heavy (non-hydrogen) atoms. The molecule has 4 bridgehead atoms. The van der Waals surface area contributed by atoms with E-state index in [0.29, 0.717) is 0 Å². The lowest BCUT2D eigenvalue weighted by molar-refractivity contribution is -0.223. The van der Waals surface area contributed by atoms with Gasteiger partial charge in [-0.1, -0.05) is 0 Å². The summed E-state index contributed by atoms with van der Waals surface area (Å²) in [5, 5.41) is 32.0. The lowest BCUT2D eigenvalue weighted by Gasteiger charge is -2.45. The van der Waals surface area contributed by atoms with Crippen LogP contribution in [0.25, 0.3) is 0 Å². The maximum atomic E-state index is 12.0. The number of hydrogen-bond donors (Lipinski definition) is 4. The van der Waals surface area contributed by atoms with Crippen molar-refractivity contribution < 1.29 is 39.1 Å². The maximum Gasteiger partial charge on any atom is 0.328 e. The van der Waals surface area contributed by atoms with E-state index in [1.807, 2.05) is 0 Å². The highest BCUT2D eigenvalue weighted by atomic mass is 16.8. The summed E-state index contributed by atoms with van der Waals surface area (Å²) in [5.74, 6) is -0.637. The van der Waals surface area contributed by atoms with Crippen LogP contribution in [0.4, 0.5) is 4.79 Å². The molecule has 10 heteroatoms. The first-order valence-corrected chi connectivity index (χ1v) is 6.10. The van der Waals surface area contributed by atoms with Crippen LogP contribution in [0.2, 0.25) is 0 Å². The fraction of sp³-hybridized carbons (Fsp3) is 0.800. The predicted octanol–water partition coefficient (Wildman–Crippen LogP) is -3.22. The lowest BCUT2D eigenvalue weighted by Crippen LogP contribution is -2.70. The number of carbonyl (C=O) groups is 2. The van der Waals surface area contributed by atoms with Crippen LogP contribution < -0.4 is 5.32 Å². The molecule has 0 saturated carbocycles. The quantitative estimate of drug-likeness (QED) is 0.365. The maximum absolute atomic E-state index is 12.0. The van der Waals surface area contributed by atoms with Gasteiger partial charge in [-0.3, -0.25) is 15.0 Å². The summed E-state index contributed by atoms with van der Waals surface area (Å²) in [4.78, 5) is 24.5. The van der Waals surface area contributed by atoms with E-state index < -0.39 is 54.8 Å². The lowest BCUT2D eigenvalue weighted by atomic mass is 10.0. The first-order valence-electron chi connectivity index (χ1n) is 6.10. The summed E-state index contributed by atoms with van der Waals surface area (Å²) in [6.07, 6.45) is -8.12. The van der Waals surface area contributed by atoms with Crippen molar-refractivity contribution in [3.63, 3.8) is 0 Å². The van der Waals surface area contributed by atoms with Crippen molar-refractivity contribution in [2.45, 2.75) is 49.3 Å². The number of ether oxygens (including phenoxy) is 3. The molecule has 4 heterocycles. The fourth-order valence-electron chi connectivity index (χ4n) is 3.14. The molecule has 4 aliphatic rings. The Balaban J connectivity index is 1.85. The third-order valence-corrected chi connectivity index (χ3v) is 4.05. The highest BCUT2D eigenvalue weighted by molar-refractivity contribution is 5.98. The van der Waals surface area contributed by atoms with Crippen molar-refractivity contribution in [3.8, 4) is 0 Å². The van der Waals surface area contributed by atoms with Crippen LogP contribution in [-0.2, 0) is 19.0 Å². The number of nitrogens with zero attached hydrogens (tertiary/aromatic N) is 1. The van der Waals surface area contributed by atoms with Crippen LogP contribution in [0.15, 0.2) is 0 Å². The number of imide groups is 1. The summed E-state index contributed by atoms with van der Waals surface area (Å²) in [6.45, 7) is 0. The number of nitrogens with one attached hydrogen (secondary N) is 1. The van der Waals surface area contributed by atoms with Gasteiger partial charge in [-0.25, -0.2) is 4.79 Å². The van der Waals surface area contributed by atoms with E-state index in [2.05, 4.69) is 5.32 Å². The molecule has 0 aliphatic carbocycles. The van der Waals surface area contributed by atoms with Crippen molar-refractivity contribution in [2.24, 2.45) is 0 Å². The molecule has 4 saturated heterocycles. The Hall–Kier alpha value is -1.30. The van der Waals surface area contributed by atoms with Gasteiger partial charge in [-0.05, 0) is 0 Å². The molecule has 0 aromatic rings. The van der Waals surface area contributed by atoms with Gasteiger partial charge in [-0.2, -0.15) is 0 Å². The minimum atomic E-state index is -1.75. The Labute approximate surface area is 111 Å². The fourth-order valence-corrected chi connectivity index (χ4v) is 3.14. The molecule has 3 amide bonds. The zero-order valence-corrected chi connectivity index (χ0v) is 10.0. The van der Waals surface area contributed by atoms with Crippen molar-refractivity contribution in [2.75, 3.05) is 0 Å². The number of carbonyl (C=O) groups excluding carboxylic acids is 2. The van der Waals surface area contributed by atoms with Crippen molar-refractivity contribution >= 4 is 11.9 Å². The van der Waals surface area contributed by atoms with E-state index >= 15 is 0 Å². The number of urea groups is 1. The smallest absolute Gasteiger partial charge is 0.328 e. The second kappa shape index (κ2) is 3.67. The highest BCUT2D eigenvalue weighted by Crippen LogP contribution is 2.47. The third kappa shape index (κ3) is 1.28. The van der Waals surface area contributed by atoms with Crippen LogP contribution in [0.1, 0.15) is 6.42 Å². The number of rotatable bonds is 0. The molecule has 1 spiro atoms. The Morgan fingerprint density at radius 1 is 1.20 bits per heavy atom. The average Bonchev–Trinajstić information content (AvgIpc) is 2.76. The molecule has 0 radical (unpaired) electrons. The summed E-state index contributed by atoms with van der Waals surface area (Å²) < 4.78 is 16.0. The largest absolute Gasteiger partial charge is 0.387 e. The van der Waals surface area contributed by atoms with Gasteiger partial charge in [0, 0.05) is 0 Å². The van der Waals surface area contributed by atoms with Gasteiger partial charge < -0.3 is 29.5 Å². The van der Waals surface area contributed by atoms with Crippen LogP contribution in [0.5, 0.6) is 0 Å². The van der Waals surface area contributed by atoms with Crippen LogP contribution >= 0.6 is 0 Å². The summed E-state index contributed by atoms with van der Waals surface area (Å²) >= 11 is 0. The number of aliphatic hydroxyl groups excluding tert-OH is 3. The van der Waals surface area contributed by atoms with E-state index in [1.54, 1.807) is 0 Å². The molecule has 4 aliphatic heterocycles. The summed E-state index contributed by atoms with van der Waals surface area (Å²) in [6, 6.07) is -0.886. The molecule has 7 atom stereocenters. The zero-order chi connectivity index (χ0) is 14.2. The SMILES string of the molecule is O=C1C[C@@]23O[C@@H](O[C@H]2O)[C@H]2O[C@H]([C@H](O)[C@@H]2O)N3C(=O)N1. The predicted molar refractivity (Wildman–Crippen MR) is 55.4 cm³/mol. The van der Waals surface area contributed by atoms with E-state index in [4.69, 9.17) is 14.2 Å². The zero-order valence-electron chi connectivity index (χ0n) is 10.0. The molecular weight excluding hydrogens is 276 g/mol. The standard InChI is InChI=1S/C10H12N2O8/c13-2-1-10-8(16)19-7(20-10)5-3(14)4(15)6(18-5)12(10)9(17)11-2/h3-8,14-16H,1H2,(H,11,13,17)/t3-,4+,5-,6+,7+,8+,10+/m0/s1. The highest BCUT2D eigenvalue weighted by Gasteiger charge is 2.69. The van der Waals surface area contributed by atoms with Crippen LogP contribution in [0.3, 0.4) is 0 Å². The van der Waals surface area contributed by atoms with Gasteiger partial charge in [-0.15, -0.1) is 0 Å². The second-order valence-corrected chi connectivity index (χ2v) is 5.19. The Bertz CT molecular complexity index is 500. The Kier molecular flexibility index (Phi) is 2.28. The van der Waals surface area contributed by atoms with Gasteiger partial charge in [0.15, 0.2) is 12.5 Å². The minimum Gasteiger partial charge on any atom is -0.387 e. The van der Waals surface area contributed by atoms with Gasteiger partial charge >= 0.3 is 6.03 Å². The van der Waals surface area contributed by atoms with E-state index in [9.17, 15) is 24.9 Å². The van der Waals surface area contributed by atoms with Gasteiger partial charge in [0.1, 0.15) is 18.3 Å². The summed E-state index contributed by atoms with van der Waals surface area (Å²) in [5.41, 5.74) is -1.75. The molecule has 4 rings (SSSR count). The second-order valence-electron chi connectivity index (χ2n) is 5.19. The Morgan fingerprint density at radius 2 is 1.95 bits per heavy atom. The van der Waals surface area contributed by atoms with Gasteiger partial charge in [0.05, 0.1) is 6.42 Å². The molecule has 110 valence electrons. The molecule has 0 unspecified atom stereocenters. The topological polar surface area (TPSA) is 138 Å². The summed E-state index contributed by atoms with van der Waals surface area (Å²) in [7, 11) is 0. The number of fused-ring (bicyclic) bond motifs is 5. The molecule has 0 aromatic carbocycles. The monoisotopic (exact) mass is 288 g/mol. The first kappa shape index (κ1) is 12.4. The molecule has 10 nitrogen and oxygen atoms in total. The third-order valence-electron chi connectivity index (χ3n) is 4.05. The normalized spacial score (nSPS) is 53.6. The molecular formula is C10H12N2O8. The molecule has 4 N–H and O–H groups in total. The minimum absolute atomic E-state index is 0.355. The number of aliphatic hydroxyl groups is 3. The van der Waals surface area contributed by atoms with E-state index in [1.165, 1.54) is 0 Å². The Morgan fingerprint density at radius 3 is 2.70 bits per heavy atom. The van der Waals surface area contributed by atoms with Gasteiger partial charge in [0.2, 0.25) is 17.9 Å². The van der Waals surface area contributed by atoms with Crippen LogP contribution in [-0.4, -0.2) is 75.0 Å². The van der Waals surface area contributed by atoms with Crippen molar-refractivity contribution in [1.29, 1.82) is 0 Å². The molecule has 0 aromatic heterocycles.